The predicted octanol–water partition coefficient (Wildman–Crippen LogP) is 3.69. The lowest BCUT2D eigenvalue weighted by atomic mass is 10.1. The van der Waals surface area contributed by atoms with E-state index in [1.165, 1.54) is 11.8 Å². The molecule has 2 aromatic rings. The number of halogens is 2. The van der Waals surface area contributed by atoms with Gasteiger partial charge in [0.1, 0.15) is 0 Å². The van der Waals surface area contributed by atoms with Crippen LogP contribution in [0.1, 0.15) is 10.4 Å². The van der Waals surface area contributed by atoms with Gasteiger partial charge in [0.05, 0.1) is 10.8 Å². The molecule has 0 saturated carbocycles. The van der Waals surface area contributed by atoms with Gasteiger partial charge < -0.3 is 4.98 Å². The minimum Gasteiger partial charge on any atom is -0.340 e. The van der Waals surface area contributed by atoms with Gasteiger partial charge in [0.15, 0.2) is 10.9 Å². The fourth-order valence-corrected chi connectivity index (χ4v) is 2.48. The Balaban J connectivity index is 2.04. The molecule has 17 heavy (non-hydrogen) atoms. The molecule has 0 amide bonds. The quantitative estimate of drug-likeness (QED) is 0.689. The fourth-order valence-electron chi connectivity index (χ4n) is 1.26. The summed E-state index contributed by atoms with van der Waals surface area (Å²) < 4.78 is 0. The van der Waals surface area contributed by atoms with Gasteiger partial charge in [-0.25, -0.2) is 4.98 Å². The van der Waals surface area contributed by atoms with E-state index in [9.17, 15) is 4.79 Å². The number of rotatable bonds is 4. The number of H-pyrrole nitrogens is 1. The zero-order valence-electron chi connectivity index (χ0n) is 8.61. The van der Waals surface area contributed by atoms with E-state index in [0.29, 0.717) is 20.8 Å². The first-order valence-corrected chi connectivity index (χ1v) is 6.51. The number of hydrogen-bond acceptors (Lipinski definition) is 3. The van der Waals surface area contributed by atoms with E-state index in [4.69, 9.17) is 23.2 Å². The van der Waals surface area contributed by atoms with Crippen molar-refractivity contribution in [3.05, 3.63) is 46.2 Å². The van der Waals surface area contributed by atoms with E-state index in [1.54, 1.807) is 30.6 Å². The van der Waals surface area contributed by atoms with Crippen molar-refractivity contribution in [1.29, 1.82) is 0 Å². The molecule has 2 rings (SSSR count). The van der Waals surface area contributed by atoms with Crippen molar-refractivity contribution in [2.45, 2.75) is 5.16 Å². The maximum atomic E-state index is 11.9. The molecule has 0 aliphatic carbocycles. The number of nitrogens with one attached hydrogen (secondary N) is 1. The van der Waals surface area contributed by atoms with Crippen LogP contribution in [0.3, 0.4) is 0 Å². The van der Waals surface area contributed by atoms with Crippen LogP contribution in [0.2, 0.25) is 10.0 Å². The SMILES string of the molecule is O=C(CSc1ncc[nH]1)c1ccc(Cl)cc1Cl. The number of nitrogens with zero attached hydrogens (tertiary/aromatic N) is 1. The molecule has 3 nitrogen and oxygen atoms in total. The Kier molecular flexibility index (Phi) is 4.10. The van der Waals surface area contributed by atoms with Crippen molar-refractivity contribution in [3.63, 3.8) is 0 Å². The Labute approximate surface area is 113 Å². The number of hydrogen-bond donors (Lipinski definition) is 1. The van der Waals surface area contributed by atoms with Gasteiger partial charge >= 0.3 is 0 Å². The van der Waals surface area contributed by atoms with E-state index in [0.717, 1.165) is 0 Å². The predicted molar refractivity (Wildman–Crippen MR) is 70.1 cm³/mol. The van der Waals surface area contributed by atoms with Gasteiger partial charge in [-0.05, 0) is 18.2 Å². The zero-order valence-corrected chi connectivity index (χ0v) is 10.9. The molecule has 1 aromatic carbocycles. The molecule has 0 unspecified atom stereocenters. The molecule has 0 spiro atoms. The third kappa shape index (κ3) is 3.25. The summed E-state index contributed by atoms with van der Waals surface area (Å²) in [5.74, 6) is 0.238. The smallest absolute Gasteiger partial charge is 0.174 e. The summed E-state index contributed by atoms with van der Waals surface area (Å²) >= 11 is 13.0. The largest absolute Gasteiger partial charge is 0.340 e. The van der Waals surface area contributed by atoms with Crippen molar-refractivity contribution >= 4 is 40.7 Å². The van der Waals surface area contributed by atoms with Crippen LogP contribution < -0.4 is 0 Å². The second-order valence-corrected chi connectivity index (χ2v) is 5.04. The summed E-state index contributed by atoms with van der Waals surface area (Å²) in [6, 6.07) is 4.85. The third-order valence-electron chi connectivity index (χ3n) is 2.04. The highest BCUT2D eigenvalue weighted by atomic mass is 35.5. The second kappa shape index (κ2) is 5.58. The Morgan fingerprint density at radius 1 is 1.41 bits per heavy atom. The summed E-state index contributed by atoms with van der Waals surface area (Å²) in [6.07, 6.45) is 3.35. The zero-order chi connectivity index (χ0) is 12.3. The topological polar surface area (TPSA) is 45.8 Å². The first-order chi connectivity index (χ1) is 8.16. The molecule has 6 heteroatoms. The number of aromatic amines is 1. The first-order valence-electron chi connectivity index (χ1n) is 4.77. The number of carbonyl (C=O) groups is 1. The average Bonchev–Trinajstić information content (AvgIpc) is 2.78. The van der Waals surface area contributed by atoms with Crippen LogP contribution in [-0.4, -0.2) is 21.5 Å². The van der Waals surface area contributed by atoms with E-state index < -0.39 is 0 Å². The lowest BCUT2D eigenvalue weighted by Gasteiger charge is -2.02. The van der Waals surface area contributed by atoms with Gasteiger partial charge in [0.2, 0.25) is 0 Å². The van der Waals surface area contributed by atoms with Gasteiger partial charge in [0, 0.05) is 23.0 Å². The molecule has 1 aromatic heterocycles. The molecule has 0 aliphatic heterocycles. The summed E-state index contributed by atoms with van der Waals surface area (Å²) in [6.45, 7) is 0. The lowest BCUT2D eigenvalue weighted by Crippen LogP contribution is -2.03. The number of Topliss-reactive ketones (excluding diaryl/α,β-unsaturated/α-hetero) is 1. The molecule has 88 valence electrons. The second-order valence-electron chi connectivity index (χ2n) is 3.23. The first kappa shape index (κ1) is 12.5. The molecule has 0 saturated heterocycles. The highest BCUT2D eigenvalue weighted by Crippen LogP contribution is 2.23. The monoisotopic (exact) mass is 286 g/mol. The standard InChI is InChI=1S/C11H8Cl2N2OS/c12-7-1-2-8(9(13)5-7)10(16)6-17-11-14-3-4-15-11/h1-5H,6H2,(H,14,15). The van der Waals surface area contributed by atoms with Crippen molar-refractivity contribution in [2.24, 2.45) is 0 Å². The summed E-state index contributed by atoms with van der Waals surface area (Å²) in [5.41, 5.74) is 0.482. The minimum atomic E-state index is -0.0481. The highest BCUT2D eigenvalue weighted by Gasteiger charge is 2.11. The average molecular weight is 287 g/mol. The maximum Gasteiger partial charge on any atom is 0.174 e. The fraction of sp³-hybridized carbons (Fsp3) is 0.0909. The molecule has 1 N–H and O–H groups in total. The van der Waals surface area contributed by atoms with Gasteiger partial charge in [-0.2, -0.15) is 0 Å². The normalized spacial score (nSPS) is 10.5. The van der Waals surface area contributed by atoms with Crippen molar-refractivity contribution < 1.29 is 4.79 Å². The summed E-state index contributed by atoms with van der Waals surface area (Å²) in [5, 5.41) is 1.61. The summed E-state index contributed by atoms with van der Waals surface area (Å²) in [4.78, 5) is 18.8. The van der Waals surface area contributed by atoms with Gasteiger partial charge in [0.25, 0.3) is 0 Å². The molecule has 0 bridgehead atoms. The van der Waals surface area contributed by atoms with Crippen LogP contribution in [0.5, 0.6) is 0 Å². The van der Waals surface area contributed by atoms with Gasteiger partial charge in [-0.15, -0.1) is 0 Å². The van der Waals surface area contributed by atoms with E-state index in [-0.39, 0.29) is 11.5 Å². The Hall–Kier alpha value is -0.970. The van der Waals surface area contributed by atoms with Crippen LogP contribution in [0.25, 0.3) is 0 Å². The van der Waals surface area contributed by atoms with Gasteiger partial charge in [-0.1, -0.05) is 35.0 Å². The van der Waals surface area contributed by atoms with Crippen LogP contribution in [-0.2, 0) is 0 Å². The molecule has 0 aliphatic rings. The minimum absolute atomic E-state index is 0.0481. The van der Waals surface area contributed by atoms with Crippen molar-refractivity contribution in [1.82, 2.24) is 9.97 Å². The molecular weight excluding hydrogens is 279 g/mol. The van der Waals surface area contributed by atoms with Crippen LogP contribution in [0, 0.1) is 0 Å². The Morgan fingerprint density at radius 3 is 2.88 bits per heavy atom. The Bertz CT molecular complexity index is 528. The molecule has 1 heterocycles. The highest BCUT2D eigenvalue weighted by molar-refractivity contribution is 7.99. The summed E-state index contributed by atoms with van der Waals surface area (Å²) in [7, 11) is 0. The van der Waals surface area contributed by atoms with E-state index >= 15 is 0 Å². The number of thioether (sulfide) groups is 1. The van der Waals surface area contributed by atoms with Gasteiger partial charge in [-0.3, -0.25) is 4.79 Å². The Morgan fingerprint density at radius 2 is 2.24 bits per heavy atom. The number of benzene rings is 1. The van der Waals surface area contributed by atoms with E-state index in [1.807, 2.05) is 0 Å². The lowest BCUT2D eigenvalue weighted by molar-refractivity contribution is 0.102. The van der Waals surface area contributed by atoms with Crippen molar-refractivity contribution in [3.8, 4) is 0 Å². The molecule has 0 fully saturated rings. The van der Waals surface area contributed by atoms with Crippen molar-refractivity contribution in [2.75, 3.05) is 5.75 Å². The number of ketones is 1. The molecular formula is C11H8Cl2N2OS. The van der Waals surface area contributed by atoms with Crippen LogP contribution >= 0.6 is 35.0 Å². The number of imidazole rings is 1. The number of aromatic nitrogens is 2. The van der Waals surface area contributed by atoms with Crippen LogP contribution in [0.4, 0.5) is 0 Å². The molecule has 0 atom stereocenters. The third-order valence-corrected chi connectivity index (χ3v) is 3.50. The molecule has 0 radical (unpaired) electrons. The van der Waals surface area contributed by atoms with Crippen LogP contribution in [0.15, 0.2) is 35.7 Å². The number of carbonyl (C=O) groups excluding carboxylic acids is 1. The maximum absolute atomic E-state index is 11.9. The van der Waals surface area contributed by atoms with E-state index in [2.05, 4.69) is 9.97 Å².